The molecule has 4 nitrogen and oxygen atoms in total. The van der Waals surface area contributed by atoms with Crippen molar-refractivity contribution >= 4 is 15.9 Å². The number of hydrogen-bond acceptors (Lipinski definition) is 4. The molecule has 1 aromatic carbocycles. The molecule has 0 unspecified atom stereocenters. The summed E-state index contributed by atoms with van der Waals surface area (Å²) in [7, 11) is 1.62. The van der Waals surface area contributed by atoms with E-state index >= 15 is 0 Å². The first-order valence-electron chi connectivity index (χ1n) is 5.90. The Bertz CT molecular complexity index is 372. The van der Waals surface area contributed by atoms with E-state index in [1.54, 1.807) is 7.11 Å². The van der Waals surface area contributed by atoms with E-state index < -0.39 is 5.54 Å². The van der Waals surface area contributed by atoms with Crippen LogP contribution in [0.5, 0.6) is 5.75 Å². The van der Waals surface area contributed by atoms with Crippen LogP contribution in [0.25, 0.3) is 0 Å². The molecule has 0 bridgehead atoms. The second-order valence-corrected chi connectivity index (χ2v) is 5.12. The molecule has 0 saturated carbocycles. The Kier molecular flexibility index (Phi) is 6.08. The van der Waals surface area contributed by atoms with Crippen LogP contribution in [0.15, 0.2) is 22.7 Å². The summed E-state index contributed by atoms with van der Waals surface area (Å²) in [4.78, 5) is 0. The van der Waals surface area contributed by atoms with Gasteiger partial charge in [0.05, 0.1) is 25.9 Å². The zero-order chi connectivity index (χ0) is 13.6. The normalized spacial score (nSPS) is 11.6. The Morgan fingerprint density at radius 1 is 1.33 bits per heavy atom. The summed E-state index contributed by atoms with van der Waals surface area (Å²) >= 11 is 3.47. The summed E-state index contributed by atoms with van der Waals surface area (Å²) < 4.78 is 6.14. The molecule has 0 aliphatic carbocycles. The average Bonchev–Trinajstić information content (AvgIpc) is 2.42. The van der Waals surface area contributed by atoms with Crippen molar-refractivity contribution in [2.75, 3.05) is 20.3 Å². The van der Waals surface area contributed by atoms with Crippen LogP contribution in [0.3, 0.4) is 0 Å². The van der Waals surface area contributed by atoms with E-state index in [-0.39, 0.29) is 13.2 Å². The molecule has 0 spiro atoms. The van der Waals surface area contributed by atoms with Crippen LogP contribution < -0.4 is 10.1 Å². The predicted octanol–water partition coefficient (Wildman–Crippen LogP) is 1.68. The van der Waals surface area contributed by atoms with E-state index in [2.05, 4.69) is 21.2 Å². The highest BCUT2D eigenvalue weighted by Gasteiger charge is 2.25. The van der Waals surface area contributed by atoms with Crippen LogP contribution in [0.1, 0.15) is 18.9 Å². The van der Waals surface area contributed by atoms with Gasteiger partial charge in [-0.1, -0.05) is 22.9 Å². The fourth-order valence-electron chi connectivity index (χ4n) is 1.61. The van der Waals surface area contributed by atoms with Crippen LogP contribution in [0.2, 0.25) is 0 Å². The van der Waals surface area contributed by atoms with Gasteiger partial charge in [-0.05, 0) is 30.2 Å². The third-order valence-electron chi connectivity index (χ3n) is 3.19. The number of methoxy groups -OCH3 is 1. The van der Waals surface area contributed by atoms with Gasteiger partial charge in [-0.3, -0.25) is 0 Å². The first-order valence-corrected chi connectivity index (χ1v) is 6.69. The van der Waals surface area contributed by atoms with Crippen molar-refractivity contribution < 1.29 is 14.9 Å². The fourth-order valence-corrected chi connectivity index (χ4v) is 1.99. The molecule has 5 heteroatoms. The van der Waals surface area contributed by atoms with Crippen molar-refractivity contribution in [3.05, 3.63) is 28.2 Å². The van der Waals surface area contributed by atoms with E-state index in [1.807, 2.05) is 25.1 Å². The van der Waals surface area contributed by atoms with Gasteiger partial charge >= 0.3 is 0 Å². The molecular weight excluding hydrogens is 298 g/mol. The summed E-state index contributed by atoms with van der Waals surface area (Å²) in [6.45, 7) is 2.29. The molecule has 0 saturated heterocycles. The summed E-state index contributed by atoms with van der Waals surface area (Å²) in [6, 6.07) is 5.71. The molecule has 3 N–H and O–H groups in total. The summed E-state index contributed by atoms with van der Waals surface area (Å²) in [6.07, 6.45) is 0.654. The number of benzene rings is 1. The Balaban J connectivity index is 2.78. The molecule has 0 radical (unpaired) electrons. The van der Waals surface area contributed by atoms with Gasteiger partial charge in [0.2, 0.25) is 0 Å². The Hall–Kier alpha value is -0.620. The molecule has 0 heterocycles. The summed E-state index contributed by atoms with van der Waals surface area (Å²) in [5, 5.41) is 21.9. The van der Waals surface area contributed by atoms with E-state index in [1.165, 1.54) is 0 Å². The quantitative estimate of drug-likeness (QED) is 0.716. The van der Waals surface area contributed by atoms with Crippen molar-refractivity contribution in [3.8, 4) is 5.75 Å². The van der Waals surface area contributed by atoms with Gasteiger partial charge in [0.15, 0.2) is 0 Å². The van der Waals surface area contributed by atoms with Crippen molar-refractivity contribution in [1.29, 1.82) is 0 Å². The summed E-state index contributed by atoms with van der Waals surface area (Å²) in [5.41, 5.74) is 0.386. The lowest BCUT2D eigenvalue weighted by molar-refractivity contribution is 0.0863. The summed E-state index contributed by atoms with van der Waals surface area (Å²) in [5.74, 6) is 0.782. The third kappa shape index (κ3) is 3.68. The lowest BCUT2D eigenvalue weighted by Gasteiger charge is -2.30. The van der Waals surface area contributed by atoms with E-state index in [0.29, 0.717) is 13.0 Å². The molecule has 0 aliphatic rings. The fraction of sp³-hybridized carbons (Fsp3) is 0.538. The minimum Gasteiger partial charge on any atom is -0.497 e. The van der Waals surface area contributed by atoms with Gasteiger partial charge in [-0.2, -0.15) is 0 Å². The zero-order valence-corrected chi connectivity index (χ0v) is 12.3. The minimum absolute atomic E-state index is 0.0956. The standard InChI is InChI=1S/C13H20BrNO3/c1-3-13(8-16,9-17)15-7-10-6-11(18-2)4-5-12(10)14/h4-6,15-17H,3,7-9H2,1-2H3. The van der Waals surface area contributed by atoms with Gasteiger partial charge in [0.1, 0.15) is 5.75 Å². The highest BCUT2D eigenvalue weighted by atomic mass is 79.9. The molecule has 1 rings (SSSR count). The molecule has 102 valence electrons. The maximum Gasteiger partial charge on any atom is 0.119 e. The highest BCUT2D eigenvalue weighted by molar-refractivity contribution is 9.10. The SMILES string of the molecule is CCC(CO)(CO)NCc1cc(OC)ccc1Br. The number of aliphatic hydroxyl groups is 2. The van der Waals surface area contributed by atoms with Gasteiger partial charge in [0, 0.05) is 11.0 Å². The van der Waals surface area contributed by atoms with Crippen molar-refractivity contribution in [2.45, 2.75) is 25.4 Å². The van der Waals surface area contributed by atoms with Crippen LogP contribution in [0, 0.1) is 0 Å². The first kappa shape index (κ1) is 15.4. The Morgan fingerprint density at radius 2 is 2.00 bits per heavy atom. The predicted molar refractivity (Wildman–Crippen MR) is 74.7 cm³/mol. The van der Waals surface area contributed by atoms with Gasteiger partial charge in [-0.15, -0.1) is 0 Å². The smallest absolute Gasteiger partial charge is 0.119 e. The molecule has 0 amide bonds. The third-order valence-corrected chi connectivity index (χ3v) is 3.96. The average molecular weight is 318 g/mol. The molecule has 0 aromatic heterocycles. The Morgan fingerprint density at radius 3 is 2.50 bits per heavy atom. The van der Waals surface area contributed by atoms with Crippen LogP contribution in [0.4, 0.5) is 0 Å². The number of aliphatic hydroxyl groups excluding tert-OH is 2. The van der Waals surface area contributed by atoms with E-state index in [9.17, 15) is 10.2 Å². The Labute approximate surface area is 116 Å². The second-order valence-electron chi connectivity index (χ2n) is 4.26. The van der Waals surface area contributed by atoms with Crippen molar-refractivity contribution in [2.24, 2.45) is 0 Å². The van der Waals surface area contributed by atoms with Crippen molar-refractivity contribution in [3.63, 3.8) is 0 Å². The lowest BCUT2D eigenvalue weighted by Crippen LogP contribution is -2.50. The molecule has 0 atom stereocenters. The van der Waals surface area contributed by atoms with Gasteiger partial charge in [0.25, 0.3) is 0 Å². The monoisotopic (exact) mass is 317 g/mol. The molecule has 18 heavy (non-hydrogen) atoms. The van der Waals surface area contributed by atoms with E-state index in [4.69, 9.17) is 4.74 Å². The largest absolute Gasteiger partial charge is 0.497 e. The van der Waals surface area contributed by atoms with Crippen molar-refractivity contribution in [1.82, 2.24) is 5.32 Å². The molecular formula is C13H20BrNO3. The maximum atomic E-state index is 9.37. The number of halogens is 1. The number of hydrogen-bond donors (Lipinski definition) is 3. The van der Waals surface area contributed by atoms with Crippen LogP contribution in [-0.2, 0) is 6.54 Å². The minimum atomic E-state index is -0.636. The number of rotatable bonds is 7. The van der Waals surface area contributed by atoms with Gasteiger partial charge < -0.3 is 20.3 Å². The van der Waals surface area contributed by atoms with Gasteiger partial charge in [-0.25, -0.2) is 0 Å². The lowest BCUT2D eigenvalue weighted by atomic mass is 9.98. The maximum absolute atomic E-state index is 9.37. The number of nitrogens with one attached hydrogen (secondary N) is 1. The van der Waals surface area contributed by atoms with E-state index in [0.717, 1.165) is 15.8 Å². The highest BCUT2D eigenvalue weighted by Crippen LogP contribution is 2.23. The molecule has 0 fully saturated rings. The second kappa shape index (κ2) is 7.09. The number of ether oxygens (including phenoxy) is 1. The van der Waals surface area contributed by atoms with Crippen LogP contribution >= 0.6 is 15.9 Å². The molecule has 0 aliphatic heterocycles. The van der Waals surface area contributed by atoms with Crippen LogP contribution in [-0.4, -0.2) is 36.1 Å². The first-order chi connectivity index (χ1) is 8.60. The zero-order valence-electron chi connectivity index (χ0n) is 10.7. The molecule has 1 aromatic rings. The topological polar surface area (TPSA) is 61.7 Å².